The lowest BCUT2D eigenvalue weighted by Gasteiger charge is -2.18. The van der Waals surface area contributed by atoms with Gasteiger partial charge in [0.2, 0.25) is 0 Å². The minimum Gasteiger partial charge on any atom is -0.478 e. The summed E-state index contributed by atoms with van der Waals surface area (Å²) in [5, 5.41) is 12.8. The van der Waals surface area contributed by atoms with Crippen molar-refractivity contribution in [3.63, 3.8) is 0 Å². The number of anilines is 4. The molecule has 2 N–H and O–H groups in total. The molecule has 0 aliphatic heterocycles. The van der Waals surface area contributed by atoms with E-state index < -0.39 is 5.97 Å². The zero-order valence-corrected chi connectivity index (χ0v) is 16.1. The number of fused-ring (bicyclic) bond motifs is 1. The molecule has 0 aliphatic carbocycles. The van der Waals surface area contributed by atoms with E-state index in [1.165, 1.54) is 35.2 Å². The number of carbonyl (C=O) groups is 1. The molecule has 0 spiro atoms. The molecule has 0 unspecified atom stereocenters. The summed E-state index contributed by atoms with van der Waals surface area (Å²) < 4.78 is 0. The van der Waals surface area contributed by atoms with Gasteiger partial charge in [-0.15, -0.1) is 0 Å². The summed E-state index contributed by atoms with van der Waals surface area (Å²) in [6.07, 6.45) is 1.45. The molecule has 140 valence electrons. The van der Waals surface area contributed by atoms with Gasteiger partial charge in [-0.1, -0.05) is 29.0 Å². The molecule has 0 fully saturated rings. The van der Waals surface area contributed by atoms with Gasteiger partial charge in [-0.2, -0.15) is 0 Å². The predicted octanol–water partition coefficient (Wildman–Crippen LogP) is 4.60. The largest absolute Gasteiger partial charge is 0.478 e. The van der Waals surface area contributed by atoms with Crippen LogP contribution in [-0.2, 0) is 0 Å². The van der Waals surface area contributed by atoms with Crippen molar-refractivity contribution in [2.75, 3.05) is 17.3 Å². The first-order valence-electron chi connectivity index (χ1n) is 8.54. The molecule has 3 aromatic heterocycles. The van der Waals surface area contributed by atoms with Crippen molar-refractivity contribution in [1.82, 2.24) is 15.0 Å². The van der Waals surface area contributed by atoms with Crippen LogP contribution in [0, 0.1) is 6.92 Å². The summed E-state index contributed by atoms with van der Waals surface area (Å²) in [6, 6.07) is 15.0. The summed E-state index contributed by atoms with van der Waals surface area (Å²) in [5.41, 5.74) is 3.19. The van der Waals surface area contributed by atoms with Crippen LogP contribution in [0.4, 0.5) is 22.5 Å². The second-order valence-corrected chi connectivity index (χ2v) is 7.24. The van der Waals surface area contributed by atoms with Gasteiger partial charge in [-0.3, -0.25) is 0 Å². The van der Waals surface area contributed by atoms with Crippen LogP contribution in [0.1, 0.15) is 15.9 Å². The van der Waals surface area contributed by atoms with E-state index in [1.54, 1.807) is 0 Å². The van der Waals surface area contributed by atoms with Crippen LogP contribution in [0.3, 0.4) is 0 Å². The number of carboxylic acid groups (broad SMARTS) is 1. The summed E-state index contributed by atoms with van der Waals surface area (Å²) in [6.45, 7) is 2.06. The summed E-state index contributed by atoms with van der Waals surface area (Å²) in [7, 11) is 1.97. The molecule has 0 amide bonds. The number of rotatable bonds is 5. The third-order valence-electron chi connectivity index (χ3n) is 4.25. The molecule has 28 heavy (non-hydrogen) atoms. The Bertz CT molecular complexity index is 1160. The Morgan fingerprint density at radius 1 is 1.11 bits per heavy atom. The molecule has 1 aromatic carbocycles. The van der Waals surface area contributed by atoms with E-state index in [9.17, 15) is 4.79 Å². The molecule has 4 aromatic rings. The normalized spacial score (nSPS) is 10.8. The number of carboxylic acids is 1. The molecule has 4 rings (SSSR count). The van der Waals surface area contributed by atoms with E-state index in [1.807, 2.05) is 24.1 Å². The minimum absolute atomic E-state index is 0.166. The van der Waals surface area contributed by atoms with Crippen LogP contribution in [-0.4, -0.2) is 33.1 Å². The third-order valence-corrected chi connectivity index (χ3v) is 5.13. The first-order chi connectivity index (χ1) is 13.5. The smallest absolute Gasteiger partial charge is 0.335 e. The molecule has 0 radical (unpaired) electrons. The minimum atomic E-state index is -1.000. The Morgan fingerprint density at radius 2 is 1.89 bits per heavy atom. The number of hydrogen-bond acceptors (Lipinski definition) is 7. The van der Waals surface area contributed by atoms with Crippen LogP contribution in [0.2, 0.25) is 0 Å². The van der Waals surface area contributed by atoms with E-state index >= 15 is 0 Å². The fourth-order valence-corrected chi connectivity index (χ4v) is 3.53. The number of pyridine rings is 2. The average Bonchev–Trinajstić information content (AvgIpc) is 3.09. The van der Waals surface area contributed by atoms with Crippen molar-refractivity contribution in [2.24, 2.45) is 0 Å². The Labute approximate surface area is 165 Å². The van der Waals surface area contributed by atoms with Gasteiger partial charge in [-0.25, -0.2) is 19.7 Å². The van der Waals surface area contributed by atoms with E-state index in [0.717, 1.165) is 21.9 Å². The van der Waals surface area contributed by atoms with Gasteiger partial charge >= 0.3 is 5.97 Å². The highest BCUT2D eigenvalue weighted by atomic mass is 32.1. The summed E-state index contributed by atoms with van der Waals surface area (Å²) in [4.78, 5) is 27.3. The van der Waals surface area contributed by atoms with Crippen molar-refractivity contribution in [3.05, 3.63) is 65.9 Å². The summed E-state index contributed by atoms with van der Waals surface area (Å²) in [5.74, 6) is 0.244. The number of thiazole rings is 1. The number of hydrogen-bond donors (Lipinski definition) is 2. The second kappa shape index (κ2) is 7.24. The highest BCUT2D eigenvalue weighted by Crippen LogP contribution is 2.30. The monoisotopic (exact) mass is 391 g/mol. The maximum Gasteiger partial charge on any atom is 0.335 e. The molecular weight excluding hydrogens is 374 g/mol. The first-order valence-corrected chi connectivity index (χ1v) is 9.35. The number of aromatic carboxylic acids is 1. The standard InChI is InChI=1S/C20H17N5O2S/c1-12-3-5-14(6-4-12)25(2)17-8-7-15-18(24-17)28-20(22-15)23-16-11-13(19(26)27)9-10-21-16/h3-11H,1-2H3,(H,26,27)(H,21,22,23). The fourth-order valence-electron chi connectivity index (χ4n) is 2.69. The SMILES string of the molecule is Cc1ccc(N(C)c2ccc3nc(Nc4cc(C(=O)O)ccn4)sc3n2)cc1. The molecule has 7 nitrogen and oxygen atoms in total. The topological polar surface area (TPSA) is 91.2 Å². The Hall–Kier alpha value is -3.52. The van der Waals surface area contributed by atoms with Crippen molar-refractivity contribution in [2.45, 2.75) is 6.92 Å². The predicted molar refractivity (Wildman–Crippen MR) is 111 cm³/mol. The Morgan fingerprint density at radius 3 is 2.64 bits per heavy atom. The van der Waals surface area contributed by atoms with Gasteiger partial charge in [0.1, 0.15) is 22.0 Å². The maximum absolute atomic E-state index is 11.1. The van der Waals surface area contributed by atoms with Gasteiger partial charge in [0.25, 0.3) is 0 Å². The molecule has 0 aliphatic rings. The third kappa shape index (κ3) is 3.63. The van der Waals surface area contributed by atoms with Crippen molar-refractivity contribution in [3.8, 4) is 0 Å². The molecule has 0 saturated heterocycles. The van der Waals surface area contributed by atoms with E-state index in [2.05, 4.69) is 46.5 Å². The van der Waals surface area contributed by atoms with Gasteiger partial charge in [0, 0.05) is 18.9 Å². The number of aromatic nitrogens is 3. The fraction of sp³-hybridized carbons (Fsp3) is 0.100. The Balaban J connectivity index is 1.60. The van der Waals surface area contributed by atoms with Crippen LogP contribution in [0.15, 0.2) is 54.7 Å². The van der Waals surface area contributed by atoms with Crippen LogP contribution < -0.4 is 10.2 Å². The van der Waals surface area contributed by atoms with E-state index in [0.29, 0.717) is 10.9 Å². The van der Waals surface area contributed by atoms with Crippen molar-refractivity contribution < 1.29 is 9.90 Å². The van der Waals surface area contributed by atoms with Crippen molar-refractivity contribution in [1.29, 1.82) is 0 Å². The van der Waals surface area contributed by atoms with E-state index in [4.69, 9.17) is 10.1 Å². The first kappa shape index (κ1) is 17.9. The lowest BCUT2D eigenvalue weighted by atomic mass is 10.2. The van der Waals surface area contributed by atoms with Gasteiger partial charge < -0.3 is 15.3 Å². The quantitative estimate of drug-likeness (QED) is 0.513. The van der Waals surface area contributed by atoms with Crippen LogP contribution >= 0.6 is 11.3 Å². The number of nitrogens with one attached hydrogen (secondary N) is 1. The molecule has 0 atom stereocenters. The lowest BCUT2D eigenvalue weighted by molar-refractivity contribution is 0.0697. The van der Waals surface area contributed by atoms with Gasteiger partial charge in [0.15, 0.2) is 5.13 Å². The molecule has 8 heteroatoms. The second-order valence-electron chi connectivity index (χ2n) is 6.27. The molecular formula is C20H17N5O2S. The highest BCUT2D eigenvalue weighted by molar-refractivity contribution is 7.21. The molecule has 0 bridgehead atoms. The molecule has 0 saturated carbocycles. The van der Waals surface area contributed by atoms with Gasteiger partial charge in [-0.05, 0) is 43.3 Å². The number of nitrogens with zero attached hydrogens (tertiary/aromatic N) is 4. The Kier molecular flexibility index (Phi) is 4.62. The van der Waals surface area contributed by atoms with E-state index in [-0.39, 0.29) is 5.56 Å². The average molecular weight is 391 g/mol. The number of aryl methyl sites for hydroxylation is 1. The summed E-state index contributed by atoms with van der Waals surface area (Å²) >= 11 is 1.39. The zero-order chi connectivity index (χ0) is 19.7. The van der Waals surface area contributed by atoms with Crippen LogP contribution in [0.25, 0.3) is 10.3 Å². The highest BCUT2D eigenvalue weighted by Gasteiger charge is 2.11. The zero-order valence-electron chi connectivity index (χ0n) is 15.2. The maximum atomic E-state index is 11.1. The van der Waals surface area contributed by atoms with Crippen molar-refractivity contribution >= 4 is 50.1 Å². The lowest BCUT2D eigenvalue weighted by Crippen LogP contribution is -2.10. The van der Waals surface area contributed by atoms with Gasteiger partial charge in [0.05, 0.1) is 5.56 Å². The molecule has 3 heterocycles. The number of benzene rings is 1. The van der Waals surface area contributed by atoms with Crippen LogP contribution in [0.5, 0.6) is 0 Å².